The van der Waals surface area contributed by atoms with Gasteiger partial charge >= 0.3 is 0 Å². The number of benzene rings is 1. The number of fused-ring (bicyclic) bond motifs is 1. The highest BCUT2D eigenvalue weighted by Crippen LogP contribution is 2.32. The number of likely N-dealkylation sites (tertiary alicyclic amines) is 2. The largest absolute Gasteiger partial charge is 0.336 e. The molecule has 0 unspecified atom stereocenters. The number of rotatable bonds is 3. The molecule has 2 saturated heterocycles. The van der Waals surface area contributed by atoms with E-state index in [1.165, 1.54) is 30.4 Å². The van der Waals surface area contributed by atoms with Crippen molar-refractivity contribution >= 4 is 17.2 Å². The predicted molar refractivity (Wildman–Crippen MR) is 103 cm³/mol. The number of hydrogen-bond acceptors (Lipinski definition) is 3. The van der Waals surface area contributed by atoms with Gasteiger partial charge in [-0.3, -0.25) is 9.69 Å². The van der Waals surface area contributed by atoms with Crippen LogP contribution in [0, 0.1) is 12.8 Å². The highest BCUT2D eigenvalue weighted by molar-refractivity contribution is 7.12. The first-order valence-electron chi connectivity index (χ1n) is 9.33. The van der Waals surface area contributed by atoms with E-state index in [4.69, 9.17) is 0 Å². The standard InChI is InChI=1S/C21H26N2OS/c1-16-6-4-7-17(12-16)13-22-10-3-2-8-18-14-23(15-19(18)22)21(24)20-9-5-11-25-20/h4-7,9,11-12,18-19H,2-3,8,10,13-15H2,1H3/t18-,19+/m0/s1. The van der Waals surface area contributed by atoms with E-state index in [0.29, 0.717) is 12.0 Å². The fraction of sp³-hybridized carbons (Fsp3) is 0.476. The van der Waals surface area contributed by atoms with Gasteiger partial charge in [-0.1, -0.05) is 42.3 Å². The van der Waals surface area contributed by atoms with Crippen LogP contribution >= 0.6 is 11.3 Å². The van der Waals surface area contributed by atoms with Crippen molar-refractivity contribution in [1.82, 2.24) is 9.80 Å². The van der Waals surface area contributed by atoms with Crippen molar-refractivity contribution in [2.75, 3.05) is 19.6 Å². The second kappa shape index (κ2) is 7.30. The van der Waals surface area contributed by atoms with Crippen LogP contribution in [0.15, 0.2) is 41.8 Å². The van der Waals surface area contributed by atoms with Crippen molar-refractivity contribution < 1.29 is 4.79 Å². The highest BCUT2D eigenvalue weighted by Gasteiger charge is 2.39. The lowest BCUT2D eigenvalue weighted by Crippen LogP contribution is -2.40. The Morgan fingerprint density at radius 1 is 1.20 bits per heavy atom. The summed E-state index contributed by atoms with van der Waals surface area (Å²) in [5.41, 5.74) is 2.72. The number of aryl methyl sites for hydroxylation is 1. The number of nitrogens with zero attached hydrogens (tertiary/aromatic N) is 2. The zero-order valence-electron chi connectivity index (χ0n) is 14.9. The first-order chi connectivity index (χ1) is 12.2. The molecule has 0 bridgehead atoms. The summed E-state index contributed by atoms with van der Waals surface area (Å²) < 4.78 is 0. The van der Waals surface area contributed by atoms with E-state index in [0.717, 1.165) is 31.1 Å². The first kappa shape index (κ1) is 16.8. The van der Waals surface area contributed by atoms with E-state index >= 15 is 0 Å². The van der Waals surface area contributed by atoms with Gasteiger partial charge in [0, 0.05) is 25.7 Å². The van der Waals surface area contributed by atoms with Crippen molar-refractivity contribution in [3.05, 3.63) is 57.8 Å². The molecule has 0 N–H and O–H groups in total. The lowest BCUT2D eigenvalue weighted by atomic mass is 9.98. The topological polar surface area (TPSA) is 23.6 Å². The lowest BCUT2D eigenvalue weighted by molar-refractivity contribution is 0.0778. The summed E-state index contributed by atoms with van der Waals surface area (Å²) in [6, 6.07) is 13.3. The minimum Gasteiger partial charge on any atom is -0.336 e. The summed E-state index contributed by atoms with van der Waals surface area (Å²) in [4.78, 5) is 18.4. The van der Waals surface area contributed by atoms with E-state index < -0.39 is 0 Å². The number of carbonyl (C=O) groups is 1. The second-order valence-electron chi connectivity index (χ2n) is 7.47. The first-order valence-corrected chi connectivity index (χ1v) is 10.2. The van der Waals surface area contributed by atoms with Crippen LogP contribution in [0.5, 0.6) is 0 Å². The van der Waals surface area contributed by atoms with Crippen LogP contribution in [-0.2, 0) is 6.54 Å². The molecule has 4 heteroatoms. The van der Waals surface area contributed by atoms with Gasteiger partial charge in [0.25, 0.3) is 5.91 Å². The average Bonchev–Trinajstić information content (AvgIpc) is 3.24. The predicted octanol–water partition coefficient (Wildman–Crippen LogP) is 4.18. The molecule has 0 radical (unpaired) electrons. The third-order valence-corrected chi connectivity index (χ3v) is 6.49. The second-order valence-corrected chi connectivity index (χ2v) is 8.42. The van der Waals surface area contributed by atoms with Crippen LogP contribution in [0.2, 0.25) is 0 Å². The fourth-order valence-electron chi connectivity index (χ4n) is 4.40. The zero-order chi connectivity index (χ0) is 17.2. The maximum Gasteiger partial charge on any atom is 0.263 e. The molecule has 2 aromatic rings. The van der Waals surface area contributed by atoms with Gasteiger partial charge in [0.15, 0.2) is 0 Å². The van der Waals surface area contributed by atoms with Gasteiger partial charge in [-0.2, -0.15) is 0 Å². The molecule has 4 rings (SSSR count). The Morgan fingerprint density at radius 2 is 2.12 bits per heavy atom. The van der Waals surface area contributed by atoms with Crippen molar-refractivity contribution in [2.45, 2.75) is 38.8 Å². The summed E-state index contributed by atoms with van der Waals surface area (Å²) in [5.74, 6) is 0.842. The molecular weight excluding hydrogens is 328 g/mol. The SMILES string of the molecule is Cc1cccc(CN2CCCC[C@H]3CN(C(=O)c4cccs4)C[C@H]32)c1. The van der Waals surface area contributed by atoms with Crippen molar-refractivity contribution in [3.63, 3.8) is 0 Å². The molecule has 2 aliphatic heterocycles. The quantitative estimate of drug-likeness (QED) is 0.825. The Balaban J connectivity index is 1.50. The molecule has 1 aromatic heterocycles. The smallest absolute Gasteiger partial charge is 0.263 e. The summed E-state index contributed by atoms with van der Waals surface area (Å²) in [7, 11) is 0. The van der Waals surface area contributed by atoms with Crippen molar-refractivity contribution in [3.8, 4) is 0 Å². The molecule has 2 atom stereocenters. The van der Waals surface area contributed by atoms with Crippen LogP contribution in [0.25, 0.3) is 0 Å². The molecule has 3 heterocycles. The lowest BCUT2D eigenvalue weighted by Gasteiger charge is -2.30. The average molecular weight is 355 g/mol. The highest BCUT2D eigenvalue weighted by atomic mass is 32.1. The summed E-state index contributed by atoms with van der Waals surface area (Å²) >= 11 is 1.56. The van der Waals surface area contributed by atoms with Gasteiger partial charge < -0.3 is 4.90 Å². The van der Waals surface area contributed by atoms with Gasteiger partial charge in [-0.25, -0.2) is 0 Å². The summed E-state index contributed by atoms with van der Waals surface area (Å²) in [6.07, 6.45) is 3.81. The van der Waals surface area contributed by atoms with Gasteiger partial charge in [0.05, 0.1) is 4.88 Å². The summed E-state index contributed by atoms with van der Waals surface area (Å²) in [6.45, 7) is 6.12. The Bertz CT molecular complexity index is 727. The summed E-state index contributed by atoms with van der Waals surface area (Å²) in [5, 5.41) is 1.99. The molecule has 2 aliphatic rings. The van der Waals surface area contributed by atoms with Gasteiger partial charge in [-0.15, -0.1) is 11.3 Å². The third kappa shape index (κ3) is 3.65. The molecule has 25 heavy (non-hydrogen) atoms. The molecule has 1 aromatic carbocycles. The number of hydrogen-bond donors (Lipinski definition) is 0. The van der Waals surface area contributed by atoms with E-state index in [1.54, 1.807) is 11.3 Å². The Hall–Kier alpha value is -1.65. The van der Waals surface area contributed by atoms with Crippen LogP contribution in [0.1, 0.15) is 40.1 Å². The molecule has 0 aliphatic carbocycles. The monoisotopic (exact) mass is 354 g/mol. The van der Waals surface area contributed by atoms with Gasteiger partial charge in [0.2, 0.25) is 0 Å². The Labute approximate surface area is 154 Å². The maximum absolute atomic E-state index is 12.8. The number of carbonyl (C=O) groups excluding carboxylic acids is 1. The molecule has 3 nitrogen and oxygen atoms in total. The molecular formula is C21H26N2OS. The Morgan fingerprint density at radius 3 is 2.92 bits per heavy atom. The van der Waals surface area contributed by atoms with E-state index in [9.17, 15) is 4.79 Å². The third-order valence-electron chi connectivity index (χ3n) is 5.63. The van der Waals surface area contributed by atoms with Crippen LogP contribution < -0.4 is 0 Å². The van der Waals surface area contributed by atoms with E-state index in [1.807, 2.05) is 17.5 Å². The van der Waals surface area contributed by atoms with Crippen molar-refractivity contribution in [2.24, 2.45) is 5.92 Å². The number of amides is 1. The normalized spacial score (nSPS) is 24.1. The number of thiophene rings is 1. The minimum atomic E-state index is 0.221. The maximum atomic E-state index is 12.8. The molecule has 2 fully saturated rings. The molecule has 0 saturated carbocycles. The van der Waals surface area contributed by atoms with Gasteiger partial charge in [0.1, 0.15) is 0 Å². The zero-order valence-corrected chi connectivity index (χ0v) is 15.7. The van der Waals surface area contributed by atoms with E-state index in [-0.39, 0.29) is 5.91 Å². The molecule has 132 valence electrons. The minimum absolute atomic E-state index is 0.221. The van der Waals surface area contributed by atoms with Crippen LogP contribution in [-0.4, -0.2) is 41.4 Å². The van der Waals surface area contributed by atoms with Crippen molar-refractivity contribution in [1.29, 1.82) is 0 Å². The fourth-order valence-corrected chi connectivity index (χ4v) is 5.09. The van der Waals surface area contributed by atoms with Crippen LogP contribution in [0.4, 0.5) is 0 Å². The van der Waals surface area contributed by atoms with Crippen LogP contribution in [0.3, 0.4) is 0 Å². The Kier molecular flexibility index (Phi) is 4.91. The van der Waals surface area contributed by atoms with Gasteiger partial charge in [-0.05, 0) is 49.2 Å². The molecule has 0 spiro atoms. The molecule has 1 amide bonds. The van der Waals surface area contributed by atoms with E-state index in [2.05, 4.69) is 41.0 Å².